The highest BCUT2D eigenvalue weighted by molar-refractivity contribution is 8.00. The molecule has 4 rings (SSSR count). The lowest BCUT2D eigenvalue weighted by molar-refractivity contribution is -0.131. The quantitative estimate of drug-likeness (QED) is 0.379. The molecule has 1 aromatic rings. The Morgan fingerprint density at radius 3 is 2.58 bits per heavy atom. The Hall–Kier alpha value is -1.27. The average Bonchev–Trinajstić information content (AvgIpc) is 3.45. The minimum absolute atomic E-state index is 0.0222. The normalized spacial score (nSPS) is 28.8. The zero-order valence-electron chi connectivity index (χ0n) is 22.5. The van der Waals surface area contributed by atoms with Crippen molar-refractivity contribution >= 4 is 45.2 Å². The van der Waals surface area contributed by atoms with Gasteiger partial charge in [-0.05, 0) is 63.8 Å². The third-order valence-electron chi connectivity index (χ3n) is 7.50. The van der Waals surface area contributed by atoms with Gasteiger partial charge in [-0.25, -0.2) is 8.42 Å². The number of thioether (sulfide) groups is 2. The first-order valence-corrected chi connectivity index (χ1v) is 17.3. The van der Waals surface area contributed by atoms with Gasteiger partial charge < -0.3 is 15.7 Å². The third kappa shape index (κ3) is 8.13. The van der Waals surface area contributed by atoms with Crippen molar-refractivity contribution < 1.29 is 23.1 Å². The molecule has 3 aliphatic heterocycles. The lowest BCUT2D eigenvalue weighted by Gasteiger charge is -2.43. The highest BCUT2D eigenvalue weighted by atomic mass is 32.2. The number of carbonyl (C=O) groups excluding carboxylic acids is 2. The van der Waals surface area contributed by atoms with Crippen molar-refractivity contribution in [3.63, 3.8) is 0 Å². The minimum atomic E-state index is -3.20. The Bertz CT molecular complexity index is 1080. The fraction of sp³-hybridized carbons (Fsp3) is 0.704. The van der Waals surface area contributed by atoms with E-state index < -0.39 is 27.9 Å². The summed E-state index contributed by atoms with van der Waals surface area (Å²) >= 11 is 3.48. The summed E-state index contributed by atoms with van der Waals surface area (Å²) in [6, 6.07) is 8.86. The predicted molar refractivity (Wildman–Crippen MR) is 154 cm³/mol. The van der Waals surface area contributed by atoms with Gasteiger partial charge in [-0.2, -0.15) is 11.8 Å². The largest absolute Gasteiger partial charge is 0.390 e. The van der Waals surface area contributed by atoms with E-state index in [0.29, 0.717) is 23.3 Å². The van der Waals surface area contributed by atoms with Crippen molar-refractivity contribution in [1.29, 1.82) is 0 Å². The van der Waals surface area contributed by atoms with Gasteiger partial charge in [0.05, 0.1) is 35.6 Å². The second-order valence-electron chi connectivity index (χ2n) is 11.8. The van der Waals surface area contributed by atoms with E-state index in [1.165, 1.54) is 11.8 Å². The topological polar surface area (TPSA) is 116 Å². The molecule has 3 heterocycles. The molecule has 3 aliphatic rings. The van der Waals surface area contributed by atoms with E-state index in [-0.39, 0.29) is 41.4 Å². The third-order valence-corrected chi connectivity index (χ3v) is 11.9. The van der Waals surface area contributed by atoms with Crippen molar-refractivity contribution in [2.24, 2.45) is 11.8 Å². The van der Waals surface area contributed by atoms with E-state index in [1.807, 2.05) is 62.9 Å². The molecule has 0 bridgehead atoms. The molecule has 2 amide bonds. The molecule has 0 spiro atoms. The van der Waals surface area contributed by atoms with Crippen molar-refractivity contribution in [2.75, 3.05) is 36.1 Å². The minimum Gasteiger partial charge on any atom is -0.390 e. The second kappa shape index (κ2) is 12.5. The van der Waals surface area contributed by atoms with Gasteiger partial charge in [-0.3, -0.25) is 14.5 Å². The molecule has 3 N–H and O–H groups in total. The van der Waals surface area contributed by atoms with Crippen LogP contribution in [0, 0.1) is 11.8 Å². The van der Waals surface area contributed by atoms with E-state index in [9.17, 15) is 23.1 Å². The van der Waals surface area contributed by atoms with Crippen LogP contribution in [0.1, 0.15) is 40.0 Å². The highest BCUT2D eigenvalue weighted by Crippen LogP contribution is 2.40. The number of hydrogen-bond acceptors (Lipinski definition) is 8. The fourth-order valence-corrected chi connectivity index (χ4v) is 9.83. The van der Waals surface area contributed by atoms with Gasteiger partial charge >= 0.3 is 0 Å². The number of sulfone groups is 1. The molecule has 0 saturated carbocycles. The Kier molecular flexibility index (Phi) is 9.77. The smallest absolute Gasteiger partial charge is 0.237 e. The maximum absolute atomic E-state index is 13.3. The summed E-state index contributed by atoms with van der Waals surface area (Å²) in [6.07, 6.45) is 1.25. The molecule has 0 aromatic heterocycles. The zero-order valence-corrected chi connectivity index (χ0v) is 24.9. The van der Waals surface area contributed by atoms with Gasteiger partial charge in [0.25, 0.3) is 0 Å². The van der Waals surface area contributed by atoms with Crippen LogP contribution in [0.5, 0.6) is 0 Å². The Morgan fingerprint density at radius 1 is 1.18 bits per heavy atom. The van der Waals surface area contributed by atoms with E-state index in [0.717, 1.165) is 30.0 Å². The van der Waals surface area contributed by atoms with Crippen LogP contribution < -0.4 is 10.6 Å². The summed E-state index contributed by atoms with van der Waals surface area (Å²) < 4.78 is 23.9. The average molecular weight is 584 g/mol. The van der Waals surface area contributed by atoms with Crippen LogP contribution in [0.25, 0.3) is 0 Å². The van der Waals surface area contributed by atoms with E-state index >= 15 is 0 Å². The Labute approximate surface area is 235 Å². The Balaban J connectivity index is 1.48. The number of hydrogen-bond donors (Lipinski definition) is 3. The molecule has 3 saturated heterocycles. The molecule has 2 unspecified atom stereocenters. The number of aliphatic hydroxyl groups excluding tert-OH is 1. The molecule has 8 nitrogen and oxygen atoms in total. The van der Waals surface area contributed by atoms with Gasteiger partial charge in [-0.15, -0.1) is 11.8 Å². The molecule has 38 heavy (non-hydrogen) atoms. The predicted octanol–water partition coefficient (Wildman–Crippen LogP) is 2.17. The summed E-state index contributed by atoms with van der Waals surface area (Å²) in [6.45, 7) is 6.91. The van der Waals surface area contributed by atoms with Crippen LogP contribution in [0.2, 0.25) is 0 Å². The van der Waals surface area contributed by atoms with Crippen LogP contribution >= 0.6 is 23.5 Å². The van der Waals surface area contributed by atoms with Crippen LogP contribution in [-0.2, 0) is 19.4 Å². The van der Waals surface area contributed by atoms with Crippen LogP contribution in [0.15, 0.2) is 35.2 Å². The summed E-state index contributed by atoms with van der Waals surface area (Å²) in [5.74, 6) is 0.962. The summed E-state index contributed by atoms with van der Waals surface area (Å²) in [5.41, 5.74) is -0.356. The number of amides is 2. The number of carbonyl (C=O) groups is 2. The number of fused-ring (bicyclic) bond motifs is 1. The first-order chi connectivity index (χ1) is 17.9. The number of piperidine rings is 1. The lowest BCUT2D eigenvalue weighted by Crippen LogP contribution is -2.60. The molecular weight excluding hydrogens is 543 g/mol. The summed E-state index contributed by atoms with van der Waals surface area (Å²) in [7, 11) is -3.20. The first kappa shape index (κ1) is 29.7. The number of rotatable bonds is 9. The van der Waals surface area contributed by atoms with Gasteiger partial charge in [0.15, 0.2) is 9.84 Å². The molecule has 1 aromatic carbocycles. The maximum Gasteiger partial charge on any atom is 0.237 e. The number of nitrogens with one attached hydrogen (secondary N) is 2. The van der Waals surface area contributed by atoms with Crippen molar-refractivity contribution in [3.8, 4) is 0 Å². The van der Waals surface area contributed by atoms with Gasteiger partial charge in [0, 0.05) is 34.5 Å². The molecular formula is C27H41N3O5S3. The monoisotopic (exact) mass is 583 g/mol. The number of nitrogens with zero attached hydrogens (tertiary/aromatic N) is 1. The summed E-state index contributed by atoms with van der Waals surface area (Å²) in [4.78, 5) is 29.5. The number of β-amino-alcohol motifs (C(OH)–C–C–N with tert-alkyl or cyclic N) is 1. The van der Waals surface area contributed by atoms with Gasteiger partial charge in [0.2, 0.25) is 11.8 Å². The number of likely N-dealkylation sites (tertiary alicyclic amines) is 1. The highest BCUT2D eigenvalue weighted by Gasteiger charge is 2.43. The van der Waals surface area contributed by atoms with Crippen LogP contribution in [0.3, 0.4) is 0 Å². The van der Waals surface area contributed by atoms with Crippen LogP contribution in [-0.4, -0.2) is 95.3 Å². The Morgan fingerprint density at radius 2 is 1.92 bits per heavy atom. The number of aliphatic hydroxyl groups is 1. The van der Waals surface area contributed by atoms with Gasteiger partial charge in [-0.1, -0.05) is 18.2 Å². The SMILES string of the molecule is CC(C)(C)NC(=O)[C@@H]1C[C@@H]2SCC[C@@H]2CN1C[C@@H](O)C(CSc1ccccc1)NC(=O)C1CCS(=O)(=O)C1. The molecule has 212 valence electrons. The second-order valence-corrected chi connectivity index (χ2v) is 16.5. The van der Waals surface area contributed by atoms with Crippen molar-refractivity contribution in [3.05, 3.63) is 30.3 Å². The van der Waals surface area contributed by atoms with Gasteiger partial charge in [0.1, 0.15) is 0 Å². The molecule has 0 radical (unpaired) electrons. The van der Waals surface area contributed by atoms with E-state index in [4.69, 9.17) is 0 Å². The van der Waals surface area contributed by atoms with Crippen molar-refractivity contribution in [2.45, 2.75) is 73.9 Å². The first-order valence-electron chi connectivity index (χ1n) is 13.4. The number of benzene rings is 1. The fourth-order valence-electron chi connectivity index (χ4n) is 5.51. The summed E-state index contributed by atoms with van der Waals surface area (Å²) in [5, 5.41) is 18.0. The molecule has 0 aliphatic carbocycles. The molecule has 11 heteroatoms. The van der Waals surface area contributed by atoms with Crippen molar-refractivity contribution in [1.82, 2.24) is 15.5 Å². The maximum atomic E-state index is 13.3. The molecule has 3 fully saturated rings. The molecule has 6 atom stereocenters. The standard InChI is InChI=1S/C27H41N3O5S3/c1-27(2,3)29-26(33)22-13-24-18(9-11-36-24)14-30(22)15-23(31)21(16-37-20-7-5-4-6-8-20)28-25(32)19-10-12-38(34,35)17-19/h4-8,18-19,21-24,31H,9-17H2,1-3H3,(H,28,32)(H,29,33)/t18-,19?,21?,22+,23-,24+/m1/s1. The van der Waals surface area contributed by atoms with Crippen LogP contribution in [0.4, 0.5) is 0 Å². The van der Waals surface area contributed by atoms with E-state index in [1.54, 1.807) is 0 Å². The lowest BCUT2D eigenvalue weighted by atomic mass is 9.89. The zero-order chi connectivity index (χ0) is 27.5. The van der Waals surface area contributed by atoms with E-state index in [2.05, 4.69) is 15.5 Å².